The first kappa shape index (κ1) is 15.6. The second kappa shape index (κ2) is 6.45. The molecule has 6 heteroatoms. The summed E-state index contributed by atoms with van der Waals surface area (Å²) in [6.07, 6.45) is 4.85. The summed E-state index contributed by atoms with van der Waals surface area (Å²) in [4.78, 5) is 22.5. The highest BCUT2D eigenvalue weighted by Crippen LogP contribution is 2.26. The average Bonchev–Trinajstić information content (AvgIpc) is 2.90. The van der Waals surface area contributed by atoms with E-state index < -0.39 is 0 Å². The van der Waals surface area contributed by atoms with E-state index in [4.69, 9.17) is 0 Å². The minimum Gasteiger partial charge on any atom is -0.329 e. The maximum atomic E-state index is 13.3. The van der Waals surface area contributed by atoms with Gasteiger partial charge < -0.3 is 4.98 Å². The largest absolute Gasteiger partial charge is 0.329 e. The molecule has 0 bridgehead atoms. The highest BCUT2D eigenvalue weighted by atomic mass is 19.1. The van der Waals surface area contributed by atoms with Gasteiger partial charge in [0.1, 0.15) is 11.6 Å². The number of nitrogens with zero attached hydrogens (tertiary/aromatic N) is 3. The summed E-state index contributed by atoms with van der Waals surface area (Å²) in [5, 5.41) is 0. The number of halogens is 1. The second-order valence-electron chi connectivity index (χ2n) is 5.16. The van der Waals surface area contributed by atoms with E-state index in [0.717, 1.165) is 11.4 Å². The maximum absolute atomic E-state index is 13.3. The van der Waals surface area contributed by atoms with Gasteiger partial charge in [-0.3, -0.25) is 14.4 Å². The van der Waals surface area contributed by atoms with E-state index in [9.17, 15) is 9.18 Å². The first-order valence-corrected chi connectivity index (χ1v) is 7.27. The zero-order valence-corrected chi connectivity index (χ0v) is 13.0. The number of aromatic nitrogens is 3. The van der Waals surface area contributed by atoms with Crippen molar-refractivity contribution >= 4 is 12.8 Å². The van der Waals surface area contributed by atoms with E-state index in [0.29, 0.717) is 17.1 Å². The SMILES string of the molecule is C=N/C=C\c1nc(-c2cc[nH]c(=O)c2)n(-c2ccc(F)cc2)c1C. The highest BCUT2D eigenvalue weighted by molar-refractivity contribution is 5.64. The molecule has 0 amide bonds. The van der Waals surface area contributed by atoms with Crippen LogP contribution >= 0.6 is 0 Å². The minimum atomic E-state index is -0.315. The summed E-state index contributed by atoms with van der Waals surface area (Å²) in [6, 6.07) is 9.34. The molecule has 0 aliphatic heterocycles. The molecular weight excluding hydrogens is 307 g/mol. The minimum absolute atomic E-state index is 0.219. The third-order valence-electron chi connectivity index (χ3n) is 3.60. The van der Waals surface area contributed by atoms with Crippen molar-refractivity contribution in [3.05, 3.63) is 76.4 Å². The van der Waals surface area contributed by atoms with Gasteiger partial charge in [0.15, 0.2) is 0 Å². The van der Waals surface area contributed by atoms with E-state index in [1.807, 2.05) is 11.5 Å². The topological polar surface area (TPSA) is 63.0 Å². The third kappa shape index (κ3) is 2.94. The van der Waals surface area contributed by atoms with Crippen molar-refractivity contribution in [1.82, 2.24) is 14.5 Å². The van der Waals surface area contributed by atoms with Crippen molar-refractivity contribution in [3.63, 3.8) is 0 Å². The fourth-order valence-corrected chi connectivity index (χ4v) is 2.48. The Labute approximate surface area is 137 Å². The standard InChI is InChI=1S/C18H15FN4O/c1-12-16(8-9-20-2)22-18(13-7-10-21-17(24)11-13)23(12)15-5-3-14(19)4-6-15/h3-11H,2H2,1H3,(H,21,24)/b9-8-. The molecule has 24 heavy (non-hydrogen) atoms. The molecule has 0 saturated carbocycles. The predicted octanol–water partition coefficient (Wildman–Crippen LogP) is 3.35. The second-order valence-corrected chi connectivity index (χ2v) is 5.16. The van der Waals surface area contributed by atoms with Crippen LogP contribution in [0.1, 0.15) is 11.4 Å². The number of hydrogen-bond donors (Lipinski definition) is 1. The number of aromatic amines is 1. The first-order valence-electron chi connectivity index (χ1n) is 7.27. The molecule has 0 spiro atoms. The molecule has 2 heterocycles. The lowest BCUT2D eigenvalue weighted by atomic mass is 10.2. The summed E-state index contributed by atoms with van der Waals surface area (Å²) < 4.78 is 15.1. The van der Waals surface area contributed by atoms with E-state index in [1.54, 1.807) is 36.7 Å². The highest BCUT2D eigenvalue weighted by Gasteiger charge is 2.16. The Hall–Kier alpha value is -3.28. The zero-order valence-electron chi connectivity index (χ0n) is 13.0. The molecule has 0 unspecified atom stereocenters. The molecule has 0 aliphatic carbocycles. The molecule has 0 radical (unpaired) electrons. The quantitative estimate of drug-likeness (QED) is 0.749. The zero-order chi connectivity index (χ0) is 17.1. The third-order valence-corrected chi connectivity index (χ3v) is 3.60. The molecule has 0 atom stereocenters. The molecule has 3 rings (SSSR count). The lowest BCUT2D eigenvalue weighted by Crippen LogP contribution is -2.05. The fraction of sp³-hybridized carbons (Fsp3) is 0.0556. The van der Waals surface area contributed by atoms with Crippen LogP contribution in [-0.4, -0.2) is 21.3 Å². The van der Waals surface area contributed by atoms with Gasteiger partial charge in [0.05, 0.1) is 5.69 Å². The number of rotatable bonds is 4. The van der Waals surface area contributed by atoms with Crippen molar-refractivity contribution in [3.8, 4) is 17.1 Å². The summed E-state index contributed by atoms with van der Waals surface area (Å²) in [6.45, 7) is 5.31. The lowest BCUT2D eigenvalue weighted by molar-refractivity contribution is 0.627. The van der Waals surface area contributed by atoms with Crippen LogP contribution in [0.3, 0.4) is 0 Å². The number of imidazole rings is 1. The number of aliphatic imine (C=N–C) groups is 1. The smallest absolute Gasteiger partial charge is 0.248 e. The van der Waals surface area contributed by atoms with Crippen molar-refractivity contribution in [2.75, 3.05) is 0 Å². The van der Waals surface area contributed by atoms with Crippen molar-refractivity contribution in [2.45, 2.75) is 6.92 Å². The van der Waals surface area contributed by atoms with Crippen LogP contribution in [0.5, 0.6) is 0 Å². The van der Waals surface area contributed by atoms with E-state index in [-0.39, 0.29) is 11.4 Å². The monoisotopic (exact) mass is 322 g/mol. The number of H-pyrrole nitrogens is 1. The Morgan fingerprint density at radius 2 is 2.04 bits per heavy atom. The van der Waals surface area contributed by atoms with Crippen molar-refractivity contribution < 1.29 is 4.39 Å². The Morgan fingerprint density at radius 3 is 2.71 bits per heavy atom. The van der Waals surface area contributed by atoms with Crippen molar-refractivity contribution in [2.24, 2.45) is 4.99 Å². The van der Waals surface area contributed by atoms with Gasteiger partial charge >= 0.3 is 0 Å². The van der Waals surface area contributed by atoms with Gasteiger partial charge in [-0.2, -0.15) is 0 Å². The maximum Gasteiger partial charge on any atom is 0.248 e. The van der Waals surface area contributed by atoms with E-state index in [1.165, 1.54) is 18.2 Å². The average molecular weight is 322 g/mol. The van der Waals surface area contributed by atoms with E-state index >= 15 is 0 Å². The van der Waals surface area contributed by atoms with Gasteiger partial charge in [-0.05, 0) is 50.0 Å². The molecule has 120 valence electrons. The first-order chi connectivity index (χ1) is 11.6. The van der Waals surface area contributed by atoms with Gasteiger partial charge in [0, 0.05) is 35.4 Å². The van der Waals surface area contributed by atoms with Gasteiger partial charge in [-0.1, -0.05) is 0 Å². The van der Waals surface area contributed by atoms with E-state index in [2.05, 4.69) is 21.7 Å². The number of pyridine rings is 1. The van der Waals surface area contributed by atoms with Crippen molar-refractivity contribution in [1.29, 1.82) is 0 Å². The molecule has 5 nitrogen and oxygen atoms in total. The van der Waals surface area contributed by atoms with Gasteiger partial charge in [-0.25, -0.2) is 9.37 Å². The fourth-order valence-electron chi connectivity index (χ4n) is 2.48. The summed E-state index contributed by atoms with van der Waals surface area (Å²) in [5.74, 6) is 0.277. The molecule has 1 N–H and O–H groups in total. The van der Waals surface area contributed by atoms with Crippen LogP contribution in [-0.2, 0) is 0 Å². The number of hydrogen-bond acceptors (Lipinski definition) is 3. The van der Waals surface area contributed by atoms with Crippen LogP contribution < -0.4 is 5.56 Å². The Bertz CT molecular complexity index is 967. The van der Waals surface area contributed by atoms with Gasteiger partial charge in [-0.15, -0.1) is 0 Å². The summed E-state index contributed by atoms with van der Waals surface area (Å²) >= 11 is 0. The van der Waals surface area contributed by atoms with Crippen LogP contribution in [0, 0.1) is 12.7 Å². The Kier molecular flexibility index (Phi) is 4.20. The van der Waals surface area contributed by atoms with Gasteiger partial charge in [0.25, 0.3) is 0 Å². The normalized spacial score (nSPS) is 11.1. The Balaban J connectivity index is 2.26. The molecule has 0 aliphatic rings. The predicted molar refractivity (Wildman–Crippen MR) is 92.9 cm³/mol. The van der Waals surface area contributed by atoms with Crippen LogP contribution in [0.15, 0.2) is 58.6 Å². The number of benzene rings is 1. The Morgan fingerprint density at radius 1 is 1.29 bits per heavy atom. The lowest BCUT2D eigenvalue weighted by Gasteiger charge is -2.10. The summed E-state index contributed by atoms with van der Waals surface area (Å²) in [7, 11) is 0. The summed E-state index contributed by atoms with van der Waals surface area (Å²) in [5.41, 5.74) is 2.74. The molecule has 3 aromatic rings. The van der Waals surface area contributed by atoms with Crippen LogP contribution in [0.25, 0.3) is 23.2 Å². The molecule has 0 fully saturated rings. The molecular formula is C18H15FN4O. The van der Waals surface area contributed by atoms with Gasteiger partial charge in [0.2, 0.25) is 5.56 Å². The molecule has 0 saturated heterocycles. The molecule has 1 aromatic carbocycles. The number of nitrogens with one attached hydrogen (secondary N) is 1. The molecule has 2 aromatic heterocycles. The van der Waals surface area contributed by atoms with Crippen LogP contribution in [0.2, 0.25) is 0 Å². The van der Waals surface area contributed by atoms with Crippen LogP contribution in [0.4, 0.5) is 4.39 Å².